The summed E-state index contributed by atoms with van der Waals surface area (Å²) < 4.78 is 5.00. The van der Waals surface area contributed by atoms with E-state index in [1.165, 1.54) is 0 Å². The van der Waals surface area contributed by atoms with Crippen molar-refractivity contribution < 1.29 is 9.53 Å². The van der Waals surface area contributed by atoms with Gasteiger partial charge in [-0.1, -0.05) is 23.7 Å². The largest absolute Gasteiger partial charge is 0.444 e. The minimum absolute atomic E-state index is 0.547. The maximum absolute atomic E-state index is 10.7. The van der Waals surface area contributed by atoms with Crippen molar-refractivity contribution >= 4 is 17.7 Å². The van der Waals surface area contributed by atoms with Crippen LogP contribution in [0.4, 0.5) is 4.79 Å². The van der Waals surface area contributed by atoms with E-state index in [-0.39, 0.29) is 0 Å². The Morgan fingerprint density at radius 3 is 2.75 bits per heavy atom. The monoisotopic (exact) mass is 241 g/mol. The molecule has 0 aliphatic heterocycles. The molecule has 88 valence electrons. The van der Waals surface area contributed by atoms with Gasteiger partial charge in [0.1, 0.15) is 5.60 Å². The molecule has 0 aliphatic carbocycles. The summed E-state index contributed by atoms with van der Waals surface area (Å²) in [5.74, 6) is 0. The van der Waals surface area contributed by atoms with Gasteiger partial charge in [0.2, 0.25) is 0 Å². The van der Waals surface area contributed by atoms with Crippen LogP contribution in [0.2, 0.25) is 5.02 Å². The second kappa shape index (κ2) is 5.21. The van der Waals surface area contributed by atoms with E-state index < -0.39 is 11.7 Å². The number of ether oxygens (including phenoxy) is 1. The summed E-state index contributed by atoms with van der Waals surface area (Å²) in [7, 11) is 0. The number of nitrogens with two attached hydrogens (primary N) is 1. The topological polar surface area (TPSA) is 52.3 Å². The van der Waals surface area contributed by atoms with Gasteiger partial charge in [-0.15, -0.1) is 0 Å². The number of carbonyl (C=O) groups excluding carboxylic acids is 1. The summed E-state index contributed by atoms with van der Waals surface area (Å²) in [5.41, 5.74) is 5.56. The lowest BCUT2D eigenvalue weighted by Gasteiger charge is -2.23. The van der Waals surface area contributed by atoms with Crippen molar-refractivity contribution in [2.45, 2.75) is 32.3 Å². The molecule has 1 aromatic rings. The van der Waals surface area contributed by atoms with Crippen LogP contribution in [-0.4, -0.2) is 11.7 Å². The molecule has 0 bridgehead atoms. The fourth-order valence-electron chi connectivity index (χ4n) is 1.46. The van der Waals surface area contributed by atoms with E-state index in [2.05, 4.69) is 0 Å². The van der Waals surface area contributed by atoms with Crippen molar-refractivity contribution in [1.29, 1.82) is 0 Å². The average molecular weight is 242 g/mol. The summed E-state index contributed by atoms with van der Waals surface area (Å²) in [6, 6.07) is 7.63. The van der Waals surface area contributed by atoms with E-state index >= 15 is 0 Å². The zero-order chi connectivity index (χ0) is 12.2. The van der Waals surface area contributed by atoms with E-state index in [1.54, 1.807) is 0 Å². The molecular weight excluding hydrogens is 226 g/mol. The number of benzene rings is 1. The number of rotatable bonds is 4. The molecule has 1 rings (SSSR count). The predicted molar refractivity (Wildman–Crippen MR) is 64.5 cm³/mol. The summed E-state index contributed by atoms with van der Waals surface area (Å²) in [4.78, 5) is 10.7. The molecule has 0 fully saturated rings. The van der Waals surface area contributed by atoms with Gasteiger partial charge in [0.05, 0.1) is 0 Å². The number of hydrogen-bond acceptors (Lipinski definition) is 2. The zero-order valence-corrected chi connectivity index (χ0v) is 10.3. The number of hydrogen-bond donors (Lipinski definition) is 1. The molecule has 0 spiro atoms. The molecule has 2 N–H and O–H groups in total. The lowest BCUT2D eigenvalue weighted by Crippen LogP contribution is -2.31. The first-order chi connectivity index (χ1) is 7.39. The fourth-order valence-corrected chi connectivity index (χ4v) is 1.67. The molecule has 0 saturated heterocycles. The molecule has 0 saturated carbocycles. The van der Waals surface area contributed by atoms with Crippen LogP contribution >= 0.6 is 11.6 Å². The van der Waals surface area contributed by atoms with Gasteiger partial charge in [-0.05, 0) is 44.4 Å². The van der Waals surface area contributed by atoms with Gasteiger partial charge in [-0.2, -0.15) is 0 Å². The van der Waals surface area contributed by atoms with Crippen LogP contribution in [0.15, 0.2) is 24.3 Å². The average Bonchev–Trinajstić information content (AvgIpc) is 2.13. The van der Waals surface area contributed by atoms with Crippen LogP contribution in [-0.2, 0) is 11.2 Å². The van der Waals surface area contributed by atoms with Crippen LogP contribution < -0.4 is 5.73 Å². The molecule has 0 heterocycles. The van der Waals surface area contributed by atoms with E-state index in [4.69, 9.17) is 22.1 Å². The molecule has 1 amide bonds. The first kappa shape index (κ1) is 12.8. The molecule has 0 unspecified atom stereocenters. The Morgan fingerprint density at radius 1 is 1.50 bits per heavy atom. The Bertz CT molecular complexity index is 377. The first-order valence-electron chi connectivity index (χ1n) is 5.12. The standard InChI is InChI=1S/C12H16ClNO2/c1-12(2,16-11(14)15)7-6-9-4-3-5-10(13)8-9/h3-5,8H,6-7H2,1-2H3,(H2,14,15). The van der Waals surface area contributed by atoms with Gasteiger partial charge < -0.3 is 10.5 Å². The Hall–Kier alpha value is -1.22. The lowest BCUT2D eigenvalue weighted by molar-refractivity contribution is 0.0394. The number of amides is 1. The van der Waals surface area contributed by atoms with Crippen molar-refractivity contribution in [2.24, 2.45) is 5.73 Å². The number of aryl methyl sites for hydroxylation is 1. The van der Waals surface area contributed by atoms with Crippen LogP contribution in [0, 0.1) is 0 Å². The van der Waals surface area contributed by atoms with Gasteiger partial charge in [0, 0.05) is 5.02 Å². The molecule has 0 radical (unpaired) electrons. The third-order valence-electron chi connectivity index (χ3n) is 2.28. The van der Waals surface area contributed by atoms with E-state index in [9.17, 15) is 4.79 Å². The van der Waals surface area contributed by atoms with Crippen molar-refractivity contribution in [3.05, 3.63) is 34.9 Å². The summed E-state index contributed by atoms with van der Waals surface area (Å²) in [5, 5.41) is 0.714. The summed E-state index contributed by atoms with van der Waals surface area (Å²) in [6.07, 6.45) is 0.757. The Balaban J connectivity index is 2.54. The molecule has 0 aliphatic rings. The number of halogens is 1. The quantitative estimate of drug-likeness (QED) is 0.881. The van der Waals surface area contributed by atoms with Crippen LogP contribution in [0.3, 0.4) is 0 Å². The highest BCUT2D eigenvalue weighted by Crippen LogP contribution is 2.19. The molecule has 1 aromatic carbocycles. The fraction of sp³-hybridized carbons (Fsp3) is 0.417. The van der Waals surface area contributed by atoms with Gasteiger partial charge >= 0.3 is 6.09 Å². The second-order valence-corrected chi connectivity index (χ2v) is 4.75. The zero-order valence-electron chi connectivity index (χ0n) is 9.50. The van der Waals surface area contributed by atoms with Crippen molar-refractivity contribution in [2.75, 3.05) is 0 Å². The van der Waals surface area contributed by atoms with Gasteiger partial charge in [0.25, 0.3) is 0 Å². The third kappa shape index (κ3) is 4.53. The van der Waals surface area contributed by atoms with Gasteiger partial charge in [-0.3, -0.25) is 0 Å². The van der Waals surface area contributed by atoms with Gasteiger partial charge in [0.15, 0.2) is 0 Å². The molecule has 3 nitrogen and oxygen atoms in total. The number of primary amides is 1. The molecule has 16 heavy (non-hydrogen) atoms. The predicted octanol–water partition coefficient (Wildman–Crippen LogP) is 3.15. The summed E-state index contributed by atoms with van der Waals surface area (Å²) in [6.45, 7) is 3.67. The molecular formula is C12H16ClNO2. The second-order valence-electron chi connectivity index (χ2n) is 4.31. The summed E-state index contributed by atoms with van der Waals surface area (Å²) >= 11 is 5.87. The van der Waals surface area contributed by atoms with Gasteiger partial charge in [-0.25, -0.2) is 4.79 Å². The highest BCUT2D eigenvalue weighted by Gasteiger charge is 2.21. The Kier molecular flexibility index (Phi) is 4.19. The van der Waals surface area contributed by atoms with Crippen molar-refractivity contribution in [3.63, 3.8) is 0 Å². The Morgan fingerprint density at radius 2 is 2.19 bits per heavy atom. The van der Waals surface area contributed by atoms with Crippen LogP contribution in [0.5, 0.6) is 0 Å². The number of carbonyl (C=O) groups is 1. The van der Waals surface area contributed by atoms with E-state index in [1.807, 2.05) is 38.1 Å². The van der Waals surface area contributed by atoms with Crippen LogP contribution in [0.25, 0.3) is 0 Å². The molecule has 4 heteroatoms. The van der Waals surface area contributed by atoms with Crippen LogP contribution in [0.1, 0.15) is 25.8 Å². The highest BCUT2D eigenvalue weighted by atomic mass is 35.5. The smallest absolute Gasteiger partial charge is 0.405 e. The molecule has 0 aromatic heterocycles. The third-order valence-corrected chi connectivity index (χ3v) is 2.52. The SMILES string of the molecule is CC(C)(CCc1cccc(Cl)c1)OC(N)=O. The lowest BCUT2D eigenvalue weighted by atomic mass is 9.98. The Labute approximate surface area is 101 Å². The highest BCUT2D eigenvalue weighted by molar-refractivity contribution is 6.30. The van der Waals surface area contributed by atoms with Crippen molar-refractivity contribution in [1.82, 2.24) is 0 Å². The maximum atomic E-state index is 10.7. The van der Waals surface area contributed by atoms with E-state index in [0.29, 0.717) is 11.4 Å². The molecule has 0 atom stereocenters. The normalized spacial score (nSPS) is 11.2. The first-order valence-corrected chi connectivity index (χ1v) is 5.50. The minimum Gasteiger partial charge on any atom is -0.444 e. The van der Waals surface area contributed by atoms with E-state index in [0.717, 1.165) is 12.0 Å². The maximum Gasteiger partial charge on any atom is 0.405 e. The minimum atomic E-state index is -0.740. The van der Waals surface area contributed by atoms with Crippen molar-refractivity contribution in [3.8, 4) is 0 Å².